The van der Waals surface area contributed by atoms with Crippen LogP contribution in [0.2, 0.25) is 0 Å². The number of aromatic nitrogens is 2. The third-order valence-corrected chi connectivity index (χ3v) is 3.57. The van der Waals surface area contributed by atoms with Crippen molar-refractivity contribution in [3.8, 4) is 0 Å². The van der Waals surface area contributed by atoms with E-state index in [0.717, 1.165) is 41.7 Å². The van der Waals surface area contributed by atoms with Gasteiger partial charge in [0.2, 0.25) is 0 Å². The minimum absolute atomic E-state index is 0.769. The van der Waals surface area contributed by atoms with Gasteiger partial charge in [-0.2, -0.15) is 0 Å². The van der Waals surface area contributed by atoms with Gasteiger partial charge in [0.1, 0.15) is 17.5 Å². The summed E-state index contributed by atoms with van der Waals surface area (Å²) in [4.78, 5) is 9.01. The van der Waals surface area contributed by atoms with E-state index >= 15 is 0 Å². The van der Waals surface area contributed by atoms with Crippen LogP contribution in [-0.4, -0.2) is 16.5 Å². The molecule has 2 rings (SSSR count). The Balaban J connectivity index is 2.30. The Hall–Kier alpha value is -2.10. The summed E-state index contributed by atoms with van der Waals surface area (Å²) in [7, 11) is 0. The van der Waals surface area contributed by atoms with Gasteiger partial charge in [0.15, 0.2) is 0 Å². The lowest BCUT2D eigenvalue weighted by Gasteiger charge is -2.14. The van der Waals surface area contributed by atoms with Crippen molar-refractivity contribution in [1.82, 2.24) is 9.97 Å². The van der Waals surface area contributed by atoms with Gasteiger partial charge >= 0.3 is 0 Å². The molecule has 0 bridgehead atoms. The monoisotopic (exact) mass is 284 g/mol. The highest BCUT2D eigenvalue weighted by molar-refractivity contribution is 5.65. The maximum Gasteiger partial charge on any atom is 0.139 e. The van der Waals surface area contributed by atoms with Crippen LogP contribution in [0.25, 0.3) is 0 Å². The normalized spacial score (nSPS) is 10.5. The Labute approximate surface area is 127 Å². The summed E-state index contributed by atoms with van der Waals surface area (Å²) in [6.07, 6.45) is 1.07. The molecule has 0 atom stereocenters. The van der Waals surface area contributed by atoms with Gasteiger partial charge in [0.05, 0.1) is 0 Å². The van der Waals surface area contributed by atoms with E-state index in [4.69, 9.17) is 0 Å². The number of anilines is 3. The maximum atomic E-state index is 4.53. The Bertz CT molecular complexity index is 635. The van der Waals surface area contributed by atoms with Crippen molar-refractivity contribution in [2.45, 2.75) is 41.0 Å². The van der Waals surface area contributed by atoms with E-state index in [-0.39, 0.29) is 0 Å². The number of hydrogen-bond donors (Lipinski definition) is 2. The van der Waals surface area contributed by atoms with Gasteiger partial charge in [-0.15, -0.1) is 0 Å². The number of nitrogens with one attached hydrogen (secondary N) is 2. The summed E-state index contributed by atoms with van der Waals surface area (Å²) in [6.45, 7) is 11.3. The molecule has 112 valence electrons. The summed E-state index contributed by atoms with van der Waals surface area (Å²) in [5, 5.41) is 6.77. The fourth-order valence-electron chi connectivity index (χ4n) is 2.12. The predicted molar refractivity (Wildman–Crippen MR) is 89.5 cm³/mol. The second-order valence-corrected chi connectivity index (χ2v) is 5.44. The first-order chi connectivity index (χ1) is 10.0. The lowest BCUT2D eigenvalue weighted by atomic mass is 10.1. The van der Waals surface area contributed by atoms with Gasteiger partial charge in [-0.3, -0.25) is 0 Å². The fourth-order valence-corrected chi connectivity index (χ4v) is 2.12. The van der Waals surface area contributed by atoms with Crippen molar-refractivity contribution < 1.29 is 0 Å². The largest absolute Gasteiger partial charge is 0.370 e. The van der Waals surface area contributed by atoms with E-state index in [2.05, 4.69) is 59.6 Å². The molecule has 2 aromatic rings. The molecule has 0 saturated carbocycles. The van der Waals surface area contributed by atoms with E-state index in [1.165, 1.54) is 11.1 Å². The van der Waals surface area contributed by atoms with Crippen molar-refractivity contribution in [3.63, 3.8) is 0 Å². The minimum Gasteiger partial charge on any atom is -0.370 e. The number of rotatable bonds is 5. The minimum atomic E-state index is 0.769. The van der Waals surface area contributed by atoms with Crippen LogP contribution in [-0.2, 0) is 0 Å². The lowest BCUT2D eigenvalue weighted by Crippen LogP contribution is -2.09. The summed E-state index contributed by atoms with van der Waals surface area (Å²) in [5.41, 5.74) is 4.67. The molecule has 0 radical (unpaired) electrons. The topological polar surface area (TPSA) is 49.8 Å². The first kappa shape index (κ1) is 15.3. The second-order valence-electron chi connectivity index (χ2n) is 5.44. The van der Waals surface area contributed by atoms with Crippen LogP contribution >= 0.6 is 0 Å². The van der Waals surface area contributed by atoms with Crippen molar-refractivity contribution in [2.75, 3.05) is 17.2 Å². The zero-order chi connectivity index (χ0) is 15.4. The molecule has 0 aliphatic rings. The Kier molecular flexibility index (Phi) is 4.78. The van der Waals surface area contributed by atoms with E-state index in [1.54, 1.807) is 0 Å². The molecule has 0 aliphatic carbocycles. The average Bonchev–Trinajstić information content (AvgIpc) is 2.45. The number of benzene rings is 1. The molecule has 0 aliphatic heterocycles. The van der Waals surface area contributed by atoms with Crippen LogP contribution in [0.5, 0.6) is 0 Å². The van der Waals surface area contributed by atoms with Gasteiger partial charge in [-0.1, -0.05) is 13.0 Å². The van der Waals surface area contributed by atoms with Crippen LogP contribution in [0.4, 0.5) is 17.3 Å². The molecule has 1 heterocycles. The molecule has 0 amide bonds. The molecule has 0 spiro atoms. The van der Waals surface area contributed by atoms with Crippen molar-refractivity contribution >= 4 is 17.3 Å². The summed E-state index contributed by atoms with van der Waals surface area (Å²) >= 11 is 0. The van der Waals surface area contributed by atoms with Crippen LogP contribution in [0, 0.1) is 27.7 Å². The van der Waals surface area contributed by atoms with Crippen LogP contribution in [0.3, 0.4) is 0 Å². The third-order valence-electron chi connectivity index (χ3n) is 3.57. The zero-order valence-electron chi connectivity index (χ0n) is 13.5. The molecule has 0 fully saturated rings. The average molecular weight is 284 g/mol. The first-order valence-corrected chi connectivity index (χ1v) is 7.44. The van der Waals surface area contributed by atoms with Crippen molar-refractivity contribution in [3.05, 3.63) is 40.7 Å². The maximum absolute atomic E-state index is 4.53. The molecule has 4 heteroatoms. The van der Waals surface area contributed by atoms with Crippen LogP contribution in [0.15, 0.2) is 18.2 Å². The van der Waals surface area contributed by atoms with Gasteiger partial charge in [-0.25, -0.2) is 9.97 Å². The van der Waals surface area contributed by atoms with Gasteiger partial charge in [-0.05, 0) is 57.4 Å². The molecule has 4 nitrogen and oxygen atoms in total. The Morgan fingerprint density at radius 2 is 1.67 bits per heavy atom. The Morgan fingerprint density at radius 3 is 2.33 bits per heavy atom. The molecule has 2 N–H and O–H groups in total. The predicted octanol–water partition coefficient (Wildman–Crippen LogP) is 4.28. The quantitative estimate of drug-likeness (QED) is 0.860. The Morgan fingerprint density at radius 1 is 0.952 bits per heavy atom. The third kappa shape index (κ3) is 3.72. The van der Waals surface area contributed by atoms with Crippen LogP contribution < -0.4 is 10.6 Å². The first-order valence-electron chi connectivity index (χ1n) is 7.44. The number of hydrogen-bond acceptors (Lipinski definition) is 4. The second kappa shape index (κ2) is 6.57. The number of aryl methyl sites for hydroxylation is 3. The van der Waals surface area contributed by atoms with E-state index in [1.807, 2.05) is 13.8 Å². The van der Waals surface area contributed by atoms with Crippen molar-refractivity contribution in [1.29, 1.82) is 0 Å². The summed E-state index contributed by atoms with van der Waals surface area (Å²) in [5.74, 6) is 2.55. The van der Waals surface area contributed by atoms with E-state index in [0.29, 0.717) is 0 Å². The zero-order valence-corrected chi connectivity index (χ0v) is 13.5. The SMILES string of the molecule is CCCNc1nc(C)nc(Nc2ccc(C)c(C)c2)c1C. The smallest absolute Gasteiger partial charge is 0.139 e. The van der Waals surface area contributed by atoms with Gasteiger partial charge in [0.25, 0.3) is 0 Å². The highest BCUT2D eigenvalue weighted by Crippen LogP contribution is 2.24. The summed E-state index contributed by atoms with van der Waals surface area (Å²) < 4.78 is 0. The molecular formula is C17H24N4. The van der Waals surface area contributed by atoms with Crippen LogP contribution in [0.1, 0.15) is 35.9 Å². The van der Waals surface area contributed by atoms with Gasteiger partial charge < -0.3 is 10.6 Å². The molecular weight excluding hydrogens is 260 g/mol. The van der Waals surface area contributed by atoms with E-state index in [9.17, 15) is 0 Å². The molecule has 21 heavy (non-hydrogen) atoms. The van der Waals surface area contributed by atoms with Gasteiger partial charge in [0, 0.05) is 17.8 Å². The standard InChI is InChI=1S/C17H24N4/c1-6-9-18-16-13(4)17(20-14(5)19-16)21-15-8-7-11(2)12(3)10-15/h7-8,10H,6,9H2,1-5H3,(H2,18,19,20,21). The van der Waals surface area contributed by atoms with Crippen molar-refractivity contribution in [2.24, 2.45) is 0 Å². The molecule has 1 aromatic carbocycles. The molecule has 0 unspecified atom stereocenters. The van der Waals surface area contributed by atoms with E-state index < -0.39 is 0 Å². The number of nitrogens with zero attached hydrogens (tertiary/aromatic N) is 2. The molecule has 1 aromatic heterocycles. The highest BCUT2D eigenvalue weighted by atomic mass is 15.1. The summed E-state index contributed by atoms with van der Waals surface area (Å²) in [6, 6.07) is 6.35. The lowest BCUT2D eigenvalue weighted by molar-refractivity contribution is 0.948. The highest BCUT2D eigenvalue weighted by Gasteiger charge is 2.09. The molecule has 0 saturated heterocycles. The fraction of sp³-hybridized carbons (Fsp3) is 0.412.